The number of benzene rings is 2. The Labute approximate surface area is 107 Å². The Morgan fingerprint density at radius 3 is 2.18 bits per heavy atom. The number of halogens is 1. The molecule has 2 aromatic carbocycles. The van der Waals surface area contributed by atoms with E-state index in [1.165, 1.54) is 11.1 Å². The van der Waals surface area contributed by atoms with Crippen LogP contribution in [0.15, 0.2) is 48.5 Å². The second kappa shape index (κ2) is 5.24. The highest BCUT2D eigenvalue weighted by Gasteiger charge is 2.06. The molecule has 0 fully saturated rings. The van der Waals surface area contributed by atoms with Crippen LogP contribution in [0.1, 0.15) is 24.0 Å². The van der Waals surface area contributed by atoms with Gasteiger partial charge in [0.05, 0.1) is 0 Å². The summed E-state index contributed by atoms with van der Waals surface area (Å²) in [5.41, 5.74) is 2.51. The van der Waals surface area contributed by atoms with Crippen LogP contribution in [0.5, 0.6) is 5.75 Å². The molecule has 0 saturated heterocycles. The van der Waals surface area contributed by atoms with Gasteiger partial charge in [0.25, 0.3) is 0 Å². The smallest absolute Gasteiger partial charge is 0.115 e. The normalized spacial score (nSPS) is 12.4. The summed E-state index contributed by atoms with van der Waals surface area (Å²) in [6, 6.07) is 15.3. The molecule has 2 heteroatoms. The summed E-state index contributed by atoms with van der Waals surface area (Å²) in [7, 11) is 0. The molecule has 17 heavy (non-hydrogen) atoms. The molecule has 88 valence electrons. The Balaban J connectivity index is 2.08. The van der Waals surface area contributed by atoms with Gasteiger partial charge in [-0.15, -0.1) is 0 Å². The van der Waals surface area contributed by atoms with E-state index in [0.29, 0.717) is 11.7 Å². The van der Waals surface area contributed by atoms with E-state index < -0.39 is 0 Å². The highest BCUT2D eigenvalue weighted by molar-refractivity contribution is 6.30. The van der Waals surface area contributed by atoms with Crippen LogP contribution in [0.4, 0.5) is 0 Å². The number of hydrogen-bond acceptors (Lipinski definition) is 1. The summed E-state index contributed by atoms with van der Waals surface area (Å²) in [5.74, 6) is 0.754. The third-order valence-electron chi connectivity index (χ3n) is 2.92. The van der Waals surface area contributed by atoms with Crippen molar-refractivity contribution in [2.24, 2.45) is 0 Å². The van der Waals surface area contributed by atoms with Crippen molar-refractivity contribution in [2.75, 3.05) is 0 Å². The Bertz CT molecular complexity index is 473. The fourth-order valence-electron chi connectivity index (χ4n) is 1.89. The number of hydrogen-bond donors (Lipinski definition) is 1. The molecule has 1 nitrogen and oxygen atoms in total. The van der Waals surface area contributed by atoms with Crippen LogP contribution in [-0.4, -0.2) is 5.11 Å². The molecule has 0 aromatic heterocycles. The van der Waals surface area contributed by atoms with Gasteiger partial charge in [-0.1, -0.05) is 42.8 Å². The monoisotopic (exact) mass is 246 g/mol. The molecular formula is C15H15ClO. The summed E-state index contributed by atoms with van der Waals surface area (Å²) < 4.78 is 0. The minimum absolute atomic E-state index is 0.313. The maximum atomic E-state index is 9.22. The van der Waals surface area contributed by atoms with Crippen molar-refractivity contribution < 1.29 is 5.11 Å². The molecular weight excluding hydrogens is 232 g/mol. The van der Waals surface area contributed by atoms with Crippen LogP contribution < -0.4 is 0 Å². The second-order valence-corrected chi connectivity index (χ2v) is 4.76. The maximum Gasteiger partial charge on any atom is 0.115 e. The van der Waals surface area contributed by atoms with E-state index in [4.69, 9.17) is 11.6 Å². The quantitative estimate of drug-likeness (QED) is 0.852. The lowest BCUT2D eigenvalue weighted by molar-refractivity contribution is 0.475. The molecule has 0 spiro atoms. The van der Waals surface area contributed by atoms with Gasteiger partial charge in [-0.3, -0.25) is 0 Å². The molecule has 0 aliphatic rings. The van der Waals surface area contributed by atoms with Gasteiger partial charge in [0, 0.05) is 5.02 Å². The number of rotatable bonds is 3. The van der Waals surface area contributed by atoms with Crippen molar-refractivity contribution in [2.45, 2.75) is 19.3 Å². The van der Waals surface area contributed by atoms with Gasteiger partial charge >= 0.3 is 0 Å². The van der Waals surface area contributed by atoms with E-state index in [1.54, 1.807) is 12.1 Å². The van der Waals surface area contributed by atoms with E-state index in [2.05, 4.69) is 19.1 Å². The Hall–Kier alpha value is -1.47. The third kappa shape index (κ3) is 3.24. The lowest BCUT2D eigenvalue weighted by Gasteiger charge is -2.12. The van der Waals surface area contributed by atoms with E-state index in [-0.39, 0.29) is 0 Å². The van der Waals surface area contributed by atoms with Gasteiger partial charge in [0.2, 0.25) is 0 Å². The molecule has 0 amide bonds. The zero-order chi connectivity index (χ0) is 12.3. The first kappa shape index (κ1) is 12.0. The Morgan fingerprint density at radius 1 is 1.00 bits per heavy atom. The third-order valence-corrected chi connectivity index (χ3v) is 3.17. The predicted molar refractivity (Wildman–Crippen MR) is 71.7 cm³/mol. The summed E-state index contributed by atoms with van der Waals surface area (Å²) >= 11 is 5.87. The minimum Gasteiger partial charge on any atom is -0.508 e. The fraction of sp³-hybridized carbons (Fsp3) is 0.200. The number of phenolic OH excluding ortho intramolecular Hbond substituents is 1. The highest BCUT2D eigenvalue weighted by Crippen LogP contribution is 2.22. The number of aromatic hydroxyl groups is 1. The second-order valence-electron chi connectivity index (χ2n) is 4.32. The average molecular weight is 247 g/mol. The summed E-state index contributed by atoms with van der Waals surface area (Å²) in [6.07, 6.45) is 0.960. The predicted octanol–water partition coefficient (Wildman–Crippen LogP) is 4.39. The molecule has 0 aliphatic carbocycles. The van der Waals surface area contributed by atoms with Gasteiger partial charge in [0.15, 0.2) is 0 Å². The van der Waals surface area contributed by atoms with Crippen molar-refractivity contribution in [1.82, 2.24) is 0 Å². The van der Waals surface area contributed by atoms with Gasteiger partial charge in [0.1, 0.15) is 5.75 Å². The number of phenols is 1. The summed E-state index contributed by atoms with van der Waals surface area (Å²) in [5, 5.41) is 9.99. The highest BCUT2D eigenvalue weighted by atomic mass is 35.5. The average Bonchev–Trinajstić information content (AvgIpc) is 2.33. The van der Waals surface area contributed by atoms with Gasteiger partial charge in [-0.05, 0) is 47.7 Å². The lowest BCUT2D eigenvalue weighted by Crippen LogP contribution is -1.97. The van der Waals surface area contributed by atoms with Crippen molar-refractivity contribution >= 4 is 11.6 Å². The molecule has 2 rings (SSSR count). The molecule has 0 bridgehead atoms. The van der Waals surface area contributed by atoms with Crippen LogP contribution >= 0.6 is 11.6 Å². The largest absolute Gasteiger partial charge is 0.508 e. The van der Waals surface area contributed by atoms with Crippen molar-refractivity contribution in [3.05, 3.63) is 64.7 Å². The Kier molecular flexibility index (Phi) is 3.70. The first-order valence-electron chi connectivity index (χ1n) is 5.68. The van der Waals surface area contributed by atoms with Crippen molar-refractivity contribution in [3.8, 4) is 5.75 Å². The van der Waals surface area contributed by atoms with E-state index in [1.807, 2.05) is 24.3 Å². The summed E-state index contributed by atoms with van der Waals surface area (Å²) in [6.45, 7) is 2.19. The minimum atomic E-state index is 0.313. The molecule has 1 atom stereocenters. The van der Waals surface area contributed by atoms with E-state index in [9.17, 15) is 5.11 Å². The molecule has 0 heterocycles. The van der Waals surface area contributed by atoms with Gasteiger partial charge in [-0.25, -0.2) is 0 Å². The standard InChI is InChI=1S/C15H15ClO/c1-11(13-4-6-14(16)7-5-13)10-12-2-8-15(17)9-3-12/h2-9,11,17H,10H2,1H3. The van der Waals surface area contributed by atoms with Crippen molar-refractivity contribution in [3.63, 3.8) is 0 Å². The molecule has 0 radical (unpaired) electrons. The van der Waals surface area contributed by atoms with Crippen LogP contribution in [0.2, 0.25) is 5.02 Å². The Morgan fingerprint density at radius 2 is 1.59 bits per heavy atom. The maximum absolute atomic E-state index is 9.22. The molecule has 1 unspecified atom stereocenters. The molecule has 2 aromatic rings. The zero-order valence-corrected chi connectivity index (χ0v) is 10.5. The zero-order valence-electron chi connectivity index (χ0n) is 9.73. The van der Waals surface area contributed by atoms with Crippen LogP contribution in [0.3, 0.4) is 0 Å². The fourth-order valence-corrected chi connectivity index (χ4v) is 2.02. The summed E-state index contributed by atoms with van der Waals surface area (Å²) in [4.78, 5) is 0. The first-order chi connectivity index (χ1) is 8.15. The van der Waals surface area contributed by atoms with E-state index >= 15 is 0 Å². The van der Waals surface area contributed by atoms with E-state index in [0.717, 1.165) is 11.4 Å². The molecule has 0 saturated carbocycles. The van der Waals surface area contributed by atoms with Crippen LogP contribution in [0.25, 0.3) is 0 Å². The molecule has 1 N–H and O–H groups in total. The van der Waals surface area contributed by atoms with Crippen molar-refractivity contribution in [1.29, 1.82) is 0 Å². The first-order valence-corrected chi connectivity index (χ1v) is 6.06. The molecule has 0 aliphatic heterocycles. The van der Waals surface area contributed by atoms with Crippen LogP contribution in [-0.2, 0) is 6.42 Å². The van der Waals surface area contributed by atoms with Gasteiger partial charge < -0.3 is 5.11 Å². The SMILES string of the molecule is CC(Cc1ccc(O)cc1)c1ccc(Cl)cc1. The van der Waals surface area contributed by atoms with Crippen LogP contribution in [0, 0.1) is 0 Å². The van der Waals surface area contributed by atoms with Gasteiger partial charge in [-0.2, -0.15) is 0 Å². The lowest BCUT2D eigenvalue weighted by atomic mass is 9.94. The topological polar surface area (TPSA) is 20.2 Å².